The number of carboxylic acids is 1. The van der Waals surface area contributed by atoms with Gasteiger partial charge in [0.2, 0.25) is 0 Å². The van der Waals surface area contributed by atoms with Gasteiger partial charge in [-0.05, 0) is 11.1 Å². The van der Waals surface area contributed by atoms with Gasteiger partial charge in [0.25, 0.3) is 0 Å². The number of nitriles is 1. The van der Waals surface area contributed by atoms with E-state index < -0.39 is 5.97 Å². The maximum Gasteiger partial charge on any atom is 0.307 e. The Morgan fingerprint density at radius 3 is 2.60 bits per heavy atom. The van der Waals surface area contributed by atoms with E-state index in [-0.39, 0.29) is 23.6 Å². The molecular weight excluding hydrogens is 216 g/mol. The molecule has 0 bridgehead atoms. The summed E-state index contributed by atoms with van der Waals surface area (Å²) in [5, 5.41) is 17.6. The van der Waals surface area contributed by atoms with Gasteiger partial charge in [-0.2, -0.15) is 5.26 Å². The summed E-state index contributed by atoms with van der Waals surface area (Å²) in [4.78, 5) is 10.5. The lowest BCUT2D eigenvalue weighted by atomic mass is 10.0. The molecule has 0 spiro atoms. The molecule has 3 N–H and O–H groups in total. The summed E-state index contributed by atoms with van der Waals surface area (Å²) in [5.74, 6) is -0.985. The molecule has 1 aromatic carbocycles. The summed E-state index contributed by atoms with van der Waals surface area (Å²) in [6.07, 6.45) is -0.196. The van der Waals surface area contributed by atoms with Crippen LogP contribution in [-0.2, 0) is 17.8 Å². The van der Waals surface area contributed by atoms with E-state index in [2.05, 4.69) is 0 Å². The largest absolute Gasteiger partial charge is 0.481 e. The molecule has 5 heteroatoms. The molecule has 0 saturated carbocycles. The molecule has 78 valence electrons. The standard InChI is InChI=1S/C10H9ClN2O2/c11-10-6(3-9(14)15)1-2-7(4-12)8(10)5-13/h1-2H,3-4,12H2,(H,14,15). The van der Waals surface area contributed by atoms with Crippen molar-refractivity contribution in [2.24, 2.45) is 5.73 Å². The van der Waals surface area contributed by atoms with Crippen molar-refractivity contribution in [1.29, 1.82) is 5.26 Å². The molecule has 0 atom stereocenters. The van der Waals surface area contributed by atoms with Crippen LogP contribution < -0.4 is 5.73 Å². The van der Waals surface area contributed by atoms with Gasteiger partial charge in [-0.1, -0.05) is 23.7 Å². The van der Waals surface area contributed by atoms with E-state index >= 15 is 0 Å². The average molecular weight is 225 g/mol. The number of hydrogen-bond donors (Lipinski definition) is 2. The fourth-order valence-corrected chi connectivity index (χ4v) is 1.54. The molecule has 0 heterocycles. The molecule has 0 aliphatic rings. The predicted octanol–water partition coefficient (Wildman–Crippen LogP) is 1.30. The third kappa shape index (κ3) is 2.46. The summed E-state index contributed by atoms with van der Waals surface area (Å²) in [7, 11) is 0. The second-order valence-electron chi connectivity index (χ2n) is 2.96. The molecule has 4 nitrogen and oxygen atoms in total. The van der Waals surface area contributed by atoms with Gasteiger partial charge in [0.15, 0.2) is 0 Å². The van der Waals surface area contributed by atoms with Crippen molar-refractivity contribution in [3.8, 4) is 6.07 Å². The number of carbonyl (C=O) groups is 1. The van der Waals surface area contributed by atoms with E-state index in [1.54, 1.807) is 12.1 Å². The molecule has 0 amide bonds. The second kappa shape index (κ2) is 4.78. The van der Waals surface area contributed by atoms with E-state index in [9.17, 15) is 4.79 Å². The van der Waals surface area contributed by atoms with Crippen LogP contribution in [0.2, 0.25) is 5.02 Å². The van der Waals surface area contributed by atoms with Gasteiger partial charge in [-0.15, -0.1) is 0 Å². The highest BCUT2D eigenvalue weighted by Crippen LogP contribution is 2.24. The number of halogens is 1. The van der Waals surface area contributed by atoms with Gasteiger partial charge in [0.05, 0.1) is 17.0 Å². The number of aliphatic carboxylic acids is 1. The van der Waals surface area contributed by atoms with Gasteiger partial charge in [-0.3, -0.25) is 4.79 Å². The first-order valence-corrected chi connectivity index (χ1v) is 4.60. The maximum absolute atomic E-state index is 10.5. The highest BCUT2D eigenvalue weighted by Gasteiger charge is 2.12. The highest BCUT2D eigenvalue weighted by molar-refractivity contribution is 6.32. The number of nitrogens with two attached hydrogens (primary N) is 1. The smallest absolute Gasteiger partial charge is 0.307 e. The second-order valence-corrected chi connectivity index (χ2v) is 3.34. The maximum atomic E-state index is 10.5. The monoisotopic (exact) mass is 224 g/mol. The van der Waals surface area contributed by atoms with Crippen LogP contribution in [0, 0.1) is 11.3 Å². The Balaban J connectivity index is 3.24. The Hall–Kier alpha value is -1.57. The van der Waals surface area contributed by atoms with Crippen LogP contribution >= 0.6 is 11.6 Å². The summed E-state index contributed by atoms with van der Waals surface area (Å²) in [6, 6.07) is 5.13. The number of benzene rings is 1. The minimum Gasteiger partial charge on any atom is -0.481 e. The van der Waals surface area contributed by atoms with Crippen LogP contribution in [0.4, 0.5) is 0 Å². The third-order valence-corrected chi connectivity index (χ3v) is 2.41. The predicted molar refractivity (Wildman–Crippen MR) is 55.4 cm³/mol. The van der Waals surface area contributed by atoms with Crippen molar-refractivity contribution in [3.63, 3.8) is 0 Å². The summed E-state index contributed by atoms with van der Waals surface area (Å²) < 4.78 is 0. The van der Waals surface area contributed by atoms with Crippen LogP contribution in [0.5, 0.6) is 0 Å². The third-order valence-electron chi connectivity index (χ3n) is 1.98. The zero-order valence-corrected chi connectivity index (χ0v) is 8.58. The lowest BCUT2D eigenvalue weighted by Gasteiger charge is -2.07. The van der Waals surface area contributed by atoms with Crippen LogP contribution in [0.15, 0.2) is 12.1 Å². The van der Waals surface area contributed by atoms with E-state index in [1.807, 2.05) is 6.07 Å². The van der Waals surface area contributed by atoms with E-state index in [4.69, 9.17) is 27.7 Å². The normalized spacial score (nSPS) is 9.67. The molecule has 15 heavy (non-hydrogen) atoms. The van der Waals surface area contributed by atoms with Crippen LogP contribution in [0.25, 0.3) is 0 Å². The van der Waals surface area contributed by atoms with Crippen molar-refractivity contribution >= 4 is 17.6 Å². The Bertz CT molecular complexity index is 438. The lowest BCUT2D eigenvalue weighted by molar-refractivity contribution is -0.136. The molecule has 0 aromatic heterocycles. The van der Waals surface area contributed by atoms with E-state index in [0.717, 1.165) is 0 Å². The van der Waals surface area contributed by atoms with E-state index in [1.165, 1.54) is 0 Å². The summed E-state index contributed by atoms with van der Waals surface area (Å²) >= 11 is 5.90. The molecular formula is C10H9ClN2O2. The quantitative estimate of drug-likeness (QED) is 0.810. The SMILES string of the molecule is N#Cc1c(CN)ccc(CC(=O)O)c1Cl. The minimum atomic E-state index is -0.985. The van der Waals surface area contributed by atoms with Gasteiger partial charge in [0, 0.05) is 6.54 Å². The first kappa shape index (κ1) is 11.5. The summed E-state index contributed by atoms with van der Waals surface area (Å²) in [6.45, 7) is 0.204. The number of hydrogen-bond acceptors (Lipinski definition) is 3. The molecule has 0 radical (unpaired) electrons. The average Bonchev–Trinajstić information content (AvgIpc) is 2.20. The van der Waals surface area contributed by atoms with Crippen LogP contribution in [0.3, 0.4) is 0 Å². The van der Waals surface area contributed by atoms with Crippen molar-refractivity contribution in [1.82, 2.24) is 0 Å². The Morgan fingerprint density at radius 1 is 1.53 bits per heavy atom. The number of carboxylic acid groups (broad SMARTS) is 1. The molecule has 0 saturated heterocycles. The topological polar surface area (TPSA) is 87.1 Å². The van der Waals surface area contributed by atoms with Crippen molar-refractivity contribution < 1.29 is 9.90 Å². The molecule has 0 unspecified atom stereocenters. The number of nitrogens with zero attached hydrogens (tertiary/aromatic N) is 1. The van der Waals surface area contributed by atoms with Crippen molar-refractivity contribution in [2.75, 3.05) is 0 Å². The van der Waals surface area contributed by atoms with Crippen molar-refractivity contribution in [2.45, 2.75) is 13.0 Å². The molecule has 1 rings (SSSR count). The van der Waals surface area contributed by atoms with Gasteiger partial charge in [-0.25, -0.2) is 0 Å². The van der Waals surface area contributed by atoms with Gasteiger partial charge < -0.3 is 10.8 Å². The molecule has 0 aliphatic carbocycles. The fourth-order valence-electron chi connectivity index (χ4n) is 1.25. The summed E-state index contributed by atoms with van der Waals surface area (Å²) in [5.41, 5.74) is 6.73. The fraction of sp³-hybridized carbons (Fsp3) is 0.200. The van der Waals surface area contributed by atoms with E-state index in [0.29, 0.717) is 11.1 Å². The Morgan fingerprint density at radius 2 is 2.13 bits per heavy atom. The molecule has 1 aromatic rings. The minimum absolute atomic E-state index is 0.183. The Kier molecular flexibility index (Phi) is 3.67. The highest BCUT2D eigenvalue weighted by atomic mass is 35.5. The number of rotatable bonds is 3. The zero-order valence-electron chi connectivity index (χ0n) is 7.83. The van der Waals surface area contributed by atoms with Gasteiger partial charge >= 0.3 is 5.97 Å². The first-order valence-electron chi connectivity index (χ1n) is 4.22. The Labute approximate surface area is 91.9 Å². The first-order chi connectivity index (χ1) is 7.10. The van der Waals surface area contributed by atoms with Crippen LogP contribution in [-0.4, -0.2) is 11.1 Å². The van der Waals surface area contributed by atoms with Crippen molar-refractivity contribution in [3.05, 3.63) is 33.8 Å². The lowest BCUT2D eigenvalue weighted by Crippen LogP contribution is -2.05. The molecule has 0 aliphatic heterocycles. The van der Waals surface area contributed by atoms with Crippen LogP contribution in [0.1, 0.15) is 16.7 Å². The zero-order chi connectivity index (χ0) is 11.4. The molecule has 0 fully saturated rings. The van der Waals surface area contributed by atoms with Gasteiger partial charge in [0.1, 0.15) is 6.07 Å².